The summed E-state index contributed by atoms with van der Waals surface area (Å²) < 4.78 is 10.5. The number of carbonyl (C=O) groups is 2. The number of nitrogens with one attached hydrogen (secondary N) is 3. The molecule has 0 aliphatic rings. The summed E-state index contributed by atoms with van der Waals surface area (Å²) in [6.45, 7) is 2.11. The minimum atomic E-state index is -0.449. The van der Waals surface area contributed by atoms with E-state index in [4.69, 9.17) is 9.47 Å². The standard InChI is InChI=1S/C19H23N5O4/c1-13(23-24-19(26)15-12-20-8-9-21-15)10-18(25)22-7-6-14-4-5-16(27-2)17(11-14)28-3/h4-5,8-12,23H,6-7H2,1-3H3,(H,22,25)(H,24,26)/b13-10-. The lowest BCUT2D eigenvalue weighted by Gasteiger charge is -2.10. The number of methoxy groups -OCH3 is 2. The number of hydrogen-bond donors (Lipinski definition) is 3. The van der Waals surface area contributed by atoms with Crippen molar-refractivity contribution < 1.29 is 19.1 Å². The molecule has 0 radical (unpaired) electrons. The summed E-state index contributed by atoms with van der Waals surface area (Å²) in [4.78, 5) is 31.5. The van der Waals surface area contributed by atoms with E-state index in [0.29, 0.717) is 30.2 Å². The predicted octanol–water partition coefficient (Wildman–Crippen LogP) is 0.991. The van der Waals surface area contributed by atoms with Crippen LogP contribution in [-0.2, 0) is 11.2 Å². The van der Waals surface area contributed by atoms with Crippen molar-refractivity contribution in [3.05, 3.63) is 59.8 Å². The van der Waals surface area contributed by atoms with Crippen LogP contribution < -0.4 is 25.6 Å². The fourth-order valence-electron chi connectivity index (χ4n) is 2.29. The van der Waals surface area contributed by atoms with Gasteiger partial charge in [-0.3, -0.25) is 20.0 Å². The fraction of sp³-hybridized carbons (Fsp3) is 0.263. The zero-order valence-corrected chi connectivity index (χ0v) is 16.0. The number of hydrogen-bond acceptors (Lipinski definition) is 7. The molecule has 9 heteroatoms. The number of rotatable bonds is 9. The summed E-state index contributed by atoms with van der Waals surface area (Å²) in [6, 6.07) is 5.61. The molecular formula is C19H23N5O4. The van der Waals surface area contributed by atoms with Gasteiger partial charge in [-0.2, -0.15) is 0 Å². The van der Waals surface area contributed by atoms with E-state index in [2.05, 4.69) is 26.1 Å². The maximum Gasteiger partial charge on any atom is 0.289 e. The van der Waals surface area contributed by atoms with Gasteiger partial charge in [-0.05, 0) is 31.0 Å². The van der Waals surface area contributed by atoms with Crippen molar-refractivity contribution >= 4 is 11.8 Å². The number of allylic oxidation sites excluding steroid dienone is 1. The van der Waals surface area contributed by atoms with E-state index in [1.54, 1.807) is 21.1 Å². The number of benzene rings is 1. The minimum absolute atomic E-state index is 0.169. The van der Waals surface area contributed by atoms with Crippen molar-refractivity contribution in [1.29, 1.82) is 0 Å². The molecule has 0 unspecified atom stereocenters. The first kappa shape index (κ1) is 20.7. The number of nitrogens with zero attached hydrogens (tertiary/aromatic N) is 2. The molecule has 148 valence electrons. The van der Waals surface area contributed by atoms with E-state index in [1.807, 2.05) is 18.2 Å². The second-order valence-corrected chi connectivity index (χ2v) is 5.73. The van der Waals surface area contributed by atoms with E-state index < -0.39 is 5.91 Å². The first-order valence-electron chi connectivity index (χ1n) is 8.53. The molecule has 0 spiro atoms. The first-order valence-corrected chi connectivity index (χ1v) is 8.53. The summed E-state index contributed by atoms with van der Waals surface area (Å²) in [7, 11) is 3.16. The van der Waals surface area contributed by atoms with Gasteiger partial charge in [-0.15, -0.1) is 0 Å². The van der Waals surface area contributed by atoms with Crippen LogP contribution in [0.4, 0.5) is 0 Å². The molecule has 2 amide bonds. The molecule has 9 nitrogen and oxygen atoms in total. The third-order valence-electron chi connectivity index (χ3n) is 3.68. The van der Waals surface area contributed by atoms with Crippen molar-refractivity contribution in [2.24, 2.45) is 0 Å². The number of aromatic nitrogens is 2. The quantitative estimate of drug-likeness (QED) is 0.436. The Morgan fingerprint density at radius 1 is 1.11 bits per heavy atom. The maximum atomic E-state index is 12.0. The monoisotopic (exact) mass is 385 g/mol. The number of amides is 2. The molecule has 0 bridgehead atoms. The summed E-state index contributed by atoms with van der Waals surface area (Å²) in [5.74, 6) is 0.572. The van der Waals surface area contributed by atoms with Crippen LogP contribution in [0.25, 0.3) is 0 Å². The molecule has 2 aromatic rings. The van der Waals surface area contributed by atoms with Gasteiger partial charge >= 0.3 is 0 Å². The molecule has 0 fully saturated rings. The highest BCUT2D eigenvalue weighted by Crippen LogP contribution is 2.27. The van der Waals surface area contributed by atoms with Crippen LogP contribution in [0.3, 0.4) is 0 Å². The molecule has 2 rings (SSSR count). The number of carbonyl (C=O) groups excluding carboxylic acids is 2. The van der Waals surface area contributed by atoms with E-state index in [0.717, 1.165) is 5.56 Å². The highest BCUT2D eigenvalue weighted by molar-refractivity contribution is 5.92. The van der Waals surface area contributed by atoms with Gasteiger partial charge in [-0.25, -0.2) is 4.98 Å². The van der Waals surface area contributed by atoms with Gasteiger partial charge in [0.1, 0.15) is 5.69 Å². The lowest BCUT2D eigenvalue weighted by atomic mass is 10.1. The zero-order chi connectivity index (χ0) is 20.4. The van der Waals surface area contributed by atoms with E-state index in [1.165, 1.54) is 24.7 Å². The minimum Gasteiger partial charge on any atom is -0.493 e. The van der Waals surface area contributed by atoms with Gasteiger partial charge in [-0.1, -0.05) is 6.07 Å². The Bertz CT molecular complexity index is 839. The molecule has 28 heavy (non-hydrogen) atoms. The van der Waals surface area contributed by atoms with Crippen LogP contribution in [0.5, 0.6) is 11.5 Å². The van der Waals surface area contributed by atoms with Crippen LogP contribution in [-0.4, -0.2) is 42.5 Å². The Hall–Kier alpha value is -3.62. The van der Waals surface area contributed by atoms with Crippen molar-refractivity contribution in [3.63, 3.8) is 0 Å². The summed E-state index contributed by atoms with van der Waals surface area (Å²) in [5.41, 5.74) is 6.74. The Labute approximate surface area is 163 Å². The van der Waals surface area contributed by atoms with Crippen molar-refractivity contribution in [2.75, 3.05) is 20.8 Å². The van der Waals surface area contributed by atoms with Gasteiger partial charge in [0, 0.05) is 30.7 Å². The normalized spacial score (nSPS) is 10.8. The molecule has 1 aromatic carbocycles. The van der Waals surface area contributed by atoms with Gasteiger partial charge in [0.25, 0.3) is 5.91 Å². The average molecular weight is 385 g/mol. The number of hydrazine groups is 1. The van der Waals surface area contributed by atoms with Gasteiger partial charge in [0.05, 0.1) is 20.4 Å². The predicted molar refractivity (Wildman–Crippen MR) is 103 cm³/mol. The first-order chi connectivity index (χ1) is 13.5. The van der Waals surface area contributed by atoms with Crippen molar-refractivity contribution in [2.45, 2.75) is 13.3 Å². The van der Waals surface area contributed by atoms with Crippen LogP contribution in [0, 0.1) is 0 Å². The van der Waals surface area contributed by atoms with Crippen LogP contribution >= 0.6 is 0 Å². The van der Waals surface area contributed by atoms with E-state index >= 15 is 0 Å². The van der Waals surface area contributed by atoms with Crippen LogP contribution in [0.1, 0.15) is 23.0 Å². The molecule has 0 aliphatic carbocycles. The highest BCUT2D eigenvalue weighted by Gasteiger charge is 2.07. The van der Waals surface area contributed by atoms with Crippen molar-refractivity contribution in [3.8, 4) is 11.5 Å². The molecular weight excluding hydrogens is 362 g/mol. The van der Waals surface area contributed by atoms with E-state index in [-0.39, 0.29) is 11.6 Å². The molecule has 3 N–H and O–H groups in total. The summed E-state index contributed by atoms with van der Waals surface area (Å²) in [5, 5.41) is 2.79. The van der Waals surface area contributed by atoms with Crippen LogP contribution in [0.15, 0.2) is 48.6 Å². The van der Waals surface area contributed by atoms with Gasteiger partial charge < -0.3 is 20.2 Å². The third-order valence-corrected chi connectivity index (χ3v) is 3.68. The largest absolute Gasteiger partial charge is 0.493 e. The van der Waals surface area contributed by atoms with Gasteiger partial charge in [0.15, 0.2) is 11.5 Å². The molecule has 0 atom stereocenters. The Balaban J connectivity index is 1.77. The molecule has 1 aromatic heterocycles. The lowest BCUT2D eigenvalue weighted by molar-refractivity contribution is -0.116. The second kappa shape index (κ2) is 10.5. The average Bonchev–Trinajstić information content (AvgIpc) is 2.72. The van der Waals surface area contributed by atoms with Crippen molar-refractivity contribution in [1.82, 2.24) is 26.1 Å². The zero-order valence-electron chi connectivity index (χ0n) is 16.0. The summed E-state index contributed by atoms with van der Waals surface area (Å²) in [6.07, 6.45) is 6.23. The maximum absolute atomic E-state index is 12.0. The Morgan fingerprint density at radius 2 is 1.89 bits per heavy atom. The van der Waals surface area contributed by atoms with E-state index in [9.17, 15) is 9.59 Å². The topological polar surface area (TPSA) is 114 Å². The SMILES string of the molecule is COc1ccc(CCNC(=O)/C=C(/C)NNC(=O)c2cnccn2)cc1OC. The Kier molecular flexibility index (Phi) is 7.77. The third kappa shape index (κ3) is 6.27. The highest BCUT2D eigenvalue weighted by atomic mass is 16.5. The van der Waals surface area contributed by atoms with Crippen LogP contribution in [0.2, 0.25) is 0 Å². The lowest BCUT2D eigenvalue weighted by Crippen LogP contribution is -2.37. The molecule has 1 heterocycles. The smallest absolute Gasteiger partial charge is 0.289 e. The Morgan fingerprint density at radius 3 is 2.57 bits per heavy atom. The molecule has 0 aliphatic heterocycles. The number of ether oxygens (including phenoxy) is 2. The summed E-state index contributed by atoms with van der Waals surface area (Å²) >= 11 is 0. The molecule has 0 saturated heterocycles. The van der Waals surface area contributed by atoms with Gasteiger partial charge in [0.2, 0.25) is 5.91 Å². The fourth-order valence-corrected chi connectivity index (χ4v) is 2.29. The molecule has 0 saturated carbocycles. The second-order valence-electron chi connectivity index (χ2n) is 5.73.